The molecule has 11 heteroatoms. The molecule has 1 heterocycles. The van der Waals surface area contributed by atoms with Gasteiger partial charge in [-0.25, -0.2) is 13.6 Å². The van der Waals surface area contributed by atoms with E-state index in [0.717, 1.165) is 6.07 Å². The molecular weight excluding hydrogens is 587 g/mol. The third-order valence-corrected chi connectivity index (χ3v) is 7.96. The summed E-state index contributed by atoms with van der Waals surface area (Å²) < 4.78 is 36.8. The van der Waals surface area contributed by atoms with Gasteiger partial charge in [0.15, 0.2) is 0 Å². The Bertz CT molecular complexity index is 1590. The van der Waals surface area contributed by atoms with Crippen molar-refractivity contribution in [2.75, 3.05) is 12.4 Å². The monoisotopic (exact) mass is 615 g/mol. The van der Waals surface area contributed by atoms with Crippen LogP contribution < -0.4 is 15.4 Å². The average molecular weight is 616 g/mol. The van der Waals surface area contributed by atoms with Gasteiger partial charge in [0, 0.05) is 22.5 Å². The van der Waals surface area contributed by atoms with Gasteiger partial charge in [0.05, 0.1) is 35.5 Å². The summed E-state index contributed by atoms with van der Waals surface area (Å²) in [6.07, 6.45) is 0.307. The van der Waals surface area contributed by atoms with Crippen LogP contribution in [0.25, 0.3) is 0 Å². The molecule has 0 radical (unpaired) electrons. The molecule has 0 spiro atoms. The van der Waals surface area contributed by atoms with E-state index >= 15 is 8.78 Å². The summed E-state index contributed by atoms with van der Waals surface area (Å²) in [5.41, 5.74) is -2.18. The SMILES string of the molecule is COc1cc(C(=O)O)ccc1NC(=O)[C@@H]1N[C@@H](CC(C)(C)C)[C@](C#N)(c2ccc(Cl)cc2F)C1c1cccc(Cl)c1F. The van der Waals surface area contributed by atoms with Crippen LogP contribution in [0.15, 0.2) is 54.6 Å². The summed E-state index contributed by atoms with van der Waals surface area (Å²) >= 11 is 12.2. The van der Waals surface area contributed by atoms with E-state index in [2.05, 4.69) is 16.7 Å². The van der Waals surface area contributed by atoms with Crippen molar-refractivity contribution in [1.82, 2.24) is 5.32 Å². The van der Waals surface area contributed by atoms with Crippen molar-refractivity contribution >= 4 is 40.8 Å². The first-order valence-electron chi connectivity index (χ1n) is 13.0. The zero-order valence-electron chi connectivity index (χ0n) is 23.3. The Kier molecular flexibility index (Phi) is 8.84. The number of carboxylic acids is 1. The van der Waals surface area contributed by atoms with Crippen LogP contribution in [0, 0.1) is 28.4 Å². The molecule has 4 rings (SSSR count). The fourth-order valence-electron chi connectivity index (χ4n) is 5.69. The number of rotatable bonds is 7. The van der Waals surface area contributed by atoms with Crippen LogP contribution >= 0.6 is 23.2 Å². The van der Waals surface area contributed by atoms with Crippen molar-refractivity contribution in [3.63, 3.8) is 0 Å². The van der Waals surface area contributed by atoms with E-state index in [0.29, 0.717) is 6.42 Å². The number of ether oxygens (including phenoxy) is 1. The molecular formula is C31H29Cl2F2N3O4. The lowest BCUT2D eigenvalue weighted by Crippen LogP contribution is -2.45. The van der Waals surface area contributed by atoms with Crippen LogP contribution in [0.1, 0.15) is 54.6 Å². The summed E-state index contributed by atoms with van der Waals surface area (Å²) in [5, 5.41) is 26.1. The molecule has 0 aromatic heterocycles. The molecule has 1 aliphatic rings. The zero-order chi connectivity index (χ0) is 31.0. The molecule has 1 saturated heterocycles. The molecule has 1 amide bonds. The highest BCUT2D eigenvalue weighted by Gasteiger charge is 2.61. The van der Waals surface area contributed by atoms with Crippen molar-refractivity contribution < 1.29 is 28.2 Å². The maximum absolute atomic E-state index is 15.8. The number of hydrogen-bond acceptors (Lipinski definition) is 5. The molecule has 3 aromatic carbocycles. The first-order chi connectivity index (χ1) is 19.7. The Morgan fingerprint density at radius 3 is 2.45 bits per heavy atom. The number of anilines is 1. The molecule has 1 aliphatic heterocycles. The Balaban J connectivity index is 1.95. The lowest BCUT2D eigenvalue weighted by Gasteiger charge is -2.37. The van der Waals surface area contributed by atoms with Gasteiger partial charge >= 0.3 is 5.97 Å². The second-order valence-corrected chi connectivity index (χ2v) is 12.2. The van der Waals surface area contributed by atoms with Crippen LogP contribution in [0.2, 0.25) is 10.0 Å². The van der Waals surface area contributed by atoms with Crippen molar-refractivity contribution in [2.24, 2.45) is 5.41 Å². The van der Waals surface area contributed by atoms with Gasteiger partial charge in [-0.15, -0.1) is 0 Å². The second-order valence-electron chi connectivity index (χ2n) is 11.4. The number of benzene rings is 3. The van der Waals surface area contributed by atoms with Crippen LogP contribution in [-0.2, 0) is 10.2 Å². The summed E-state index contributed by atoms with van der Waals surface area (Å²) in [6, 6.07) is 12.3. The minimum Gasteiger partial charge on any atom is -0.495 e. The van der Waals surface area contributed by atoms with Gasteiger partial charge in [0.1, 0.15) is 22.8 Å². The van der Waals surface area contributed by atoms with E-state index < -0.39 is 52.3 Å². The van der Waals surface area contributed by atoms with Gasteiger partial charge in [-0.2, -0.15) is 5.26 Å². The van der Waals surface area contributed by atoms with E-state index in [4.69, 9.17) is 27.9 Å². The Morgan fingerprint density at radius 2 is 1.86 bits per heavy atom. The Labute approximate surface area is 252 Å². The summed E-state index contributed by atoms with van der Waals surface area (Å²) in [4.78, 5) is 25.5. The molecule has 42 heavy (non-hydrogen) atoms. The summed E-state index contributed by atoms with van der Waals surface area (Å²) in [5.74, 6) is -4.65. The molecule has 4 atom stereocenters. The molecule has 0 aliphatic carbocycles. The molecule has 220 valence electrons. The van der Waals surface area contributed by atoms with Gasteiger partial charge in [-0.05, 0) is 53.8 Å². The number of halogens is 4. The first-order valence-corrected chi connectivity index (χ1v) is 13.8. The number of aromatic carboxylic acids is 1. The number of carbonyl (C=O) groups excluding carboxylic acids is 1. The van der Waals surface area contributed by atoms with Crippen molar-refractivity contribution in [3.8, 4) is 11.8 Å². The lowest BCUT2D eigenvalue weighted by atomic mass is 9.62. The third-order valence-electron chi connectivity index (χ3n) is 7.44. The number of amides is 1. The van der Waals surface area contributed by atoms with Gasteiger partial charge in [-0.3, -0.25) is 4.79 Å². The fraction of sp³-hybridized carbons (Fsp3) is 0.323. The zero-order valence-corrected chi connectivity index (χ0v) is 24.8. The van der Waals surface area contributed by atoms with Crippen LogP contribution in [-0.4, -0.2) is 36.2 Å². The summed E-state index contributed by atoms with van der Waals surface area (Å²) in [7, 11) is 1.32. The minimum atomic E-state index is -1.78. The van der Waals surface area contributed by atoms with E-state index in [1.54, 1.807) is 0 Å². The predicted octanol–water partition coefficient (Wildman–Crippen LogP) is 6.94. The molecule has 0 saturated carbocycles. The average Bonchev–Trinajstić information content (AvgIpc) is 3.23. The van der Waals surface area contributed by atoms with E-state index in [9.17, 15) is 20.0 Å². The highest BCUT2D eigenvalue weighted by molar-refractivity contribution is 6.31. The lowest BCUT2D eigenvalue weighted by molar-refractivity contribution is -0.118. The molecule has 1 unspecified atom stereocenters. The van der Waals surface area contributed by atoms with Gasteiger partial charge in [0.25, 0.3) is 0 Å². The van der Waals surface area contributed by atoms with Crippen molar-refractivity contribution in [2.45, 2.75) is 50.6 Å². The minimum absolute atomic E-state index is 0.0424. The Morgan fingerprint density at radius 1 is 1.14 bits per heavy atom. The van der Waals surface area contributed by atoms with E-state index in [1.165, 1.54) is 55.6 Å². The molecule has 3 aromatic rings. The van der Waals surface area contributed by atoms with Gasteiger partial charge in [-0.1, -0.05) is 62.2 Å². The topological polar surface area (TPSA) is 111 Å². The second kappa shape index (κ2) is 11.9. The predicted molar refractivity (Wildman–Crippen MR) is 156 cm³/mol. The van der Waals surface area contributed by atoms with Crippen LogP contribution in [0.4, 0.5) is 14.5 Å². The van der Waals surface area contributed by atoms with Crippen molar-refractivity contribution in [3.05, 3.63) is 93.0 Å². The summed E-state index contributed by atoms with van der Waals surface area (Å²) in [6.45, 7) is 5.81. The third kappa shape index (κ3) is 5.80. The number of carboxylic acid groups (broad SMARTS) is 1. The van der Waals surface area contributed by atoms with E-state index in [1.807, 2.05) is 20.8 Å². The standard InChI is InChI=1S/C31H29Cl2F2N3O4/c1-30(2,3)14-24-31(15-36,19-10-9-17(32)13-21(19)34)25(18-6-5-7-20(33)26(18)35)27(38-24)28(39)37-22-11-8-16(29(40)41)12-23(22)42-4/h5-13,24-25,27,38H,14H2,1-4H3,(H,37,39)(H,40,41)/t24-,25?,27+,31-/m0/s1. The van der Waals surface area contributed by atoms with Crippen LogP contribution in [0.5, 0.6) is 5.75 Å². The number of nitrogens with zero attached hydrogens (tertiary/aromatic N) is 1. The van der Waals surface area contributed by atoms with Gasteiger partial charge < -0.3 is 20.5 Å². The van der Waals surface area contributed by atoms with E-state index in [-0.39, 0.29) is 38.2 Å². The highest BCUT2D eigenvalue weighted by Crippen LogP contribution is 2.53. The maximum Gasteiger partial charge on any atom is 0.335 e. The highest BCUT2D eigenvalue weighted by atomic mass is 35.5. The quantitative estimate of drug-likeness (QED) is 0.265. The molecule has 1 fully saturated rings. The normalized spacial score (nSPS) is 21.9. The fourth-order valence-corrected chi connectivity index (χ4v) is 6.04. The maximum atomic E-state index is 15.8. The smallest absolute Gasteiger partial charge is 0.335 e. The molecule has 7 nitrogen and oxygen atoms in total. The van der Waals surface area contributed by atoms with Crippen LogP contribution in [0.3, 0.4) is 0 Å². The largest absolute Gasteiger partial charge is 0.495 e. The number of carbonyl (C=O) groups is 2. The number of nitriles is 1. The first kappa shape index (κ1) is 31.2. The number of nitrogens with one attached hydrogen (secondary N) is 2. The Hall–Kier alpha value is -3.71. The number of hydrogen-bond donors (Lipinski definition) is 3. The molecule has 3 N–H and O–H groups in total. The molecule has 0 bridgehead atoms. The van der Waals surface area contributed by atoms with Gasteiger partial charge in [0.2, 0.25) is 5.91 Å². The number of methoxy groups -OCH3 is 1. The van der Waals surface area contributed by atoms with Crippen molar-refractivity contribution in [1.29, 1.82) is 5.26 Å².